The Kier molecular flexibility index (Phi) is 7.27. The third-order valence-corrected chi connectivity index (χ3v) is 6.06. The average Bonchev–Trinajstić information content (AvgIpc) is 2.74. The molecule has 0 bridgehead atoms. The van der Waals surface area contributed by atoms with Gasteiger partial charge < -0.3 is 16.0 Å². The summed E-state index contributed by atoms with van der Waals surface area (Å²) in [5.41, 5.74) is 7.02. The van der Waals surface area contributed by atoms with E-state index < -0.39 is 0 Å². The van der Waals surface area contributed by atoms with Crippen LogP contribution in [0.15, 0.2) is 36.4 Å². The number of hydrogen-bond acceptors (Lipinski definition) is 2. The SMILES string of the molecule is Cc1cccc(C)c1NC(=O)CNC(=O)[C@@H](C)[NH2+][C@H](C)c1ccc2c(c1)CCCC2. The van der Waals surface area contributed by atoms with Crippen LogP contribution in [0.25, 0.3) is 0 Å². The predicted molar refractivity (Wildman–Crippen MR) is 120 cm³/mol. The van der Waals surface area contributed by atoms with Crippen LogP contribution in [0.3, 0.4) is 0 Å². The summed E-state index contributed by atoms with van der Waals surface area (Å²) in [6.07, 6.45) is 4.87. The van der Waals surface area contributed by atoms with Crippen molar-refractivity contribution in [1.29, 1.82) is 0 Å². The number of carbonyl (C=O) groups is 2. The van der Waals surface area contributed by atoms with Crippen molar-refractivity contribution >= 4 is 17.5 Å². The van der Waals surface area contributed by atoms with E-state index >= 15 is 0 Å². The number of rotatable bonds is 7. The highest BCUT2D eigenvalue weighted by Crippen LogP contribution is 2.24. The summed E-state index contributed by atoms with van der Waals surface area (Å²) in [5, 5.41) is 7.73. The largest absolute Gasteiger partial charge is 0.342 e. The Labute approximate surface area is 179 Å². The Morgan fingerprint density at radius 1 is 1.00 bits per heavy atom. The Morgan fingerprint density at radius 2 is 1.67 bits per heavy atom. The molecule has 1 aliphatic rings. The highest BCUT2D eigenvalue weighted by Gasteiger charge is 2.22. The summed E-state index contributed by atoms with van der Waals surface area (Å²) in [6, 6.07) is 12.5. The van der Waals surface area contributed by atoms with E-state index in [0.29, 0.717) is 0 Å². The van der Waals surface area contributed by atoms with Crippen molar-refractivity contribution in [2.75, 3.05) is 11.9 Å². The van der Waals surface area contributed by atoms with Crippen LogP contribution in [0, 0.1) is 13.8 Å². The Bertz CT molecular complexity index is 902. The van der Waals surface area contributed by atoms with Gasteiger partial charge in [0.2, 0.25) is 5.91 Å². The number of amides is 2. The molecule has 2 amide bonds. The number of para-hydroxylation sites is 1. The number of aryl methyl sites for hydroxylation is 4. The summed E-state index contributed by atoms with van der Waals surface area (Å²) >= 11 is 0. The molecule has 0 aromatic heterocycles. The molecule has 30 heavy (non-hydrogen) atoms. The third kappa shape index (κ3) is 5.48. The van der Waals surface area contributed by atoms with Crippen LogP contribution in [-0.4, -0.2) is 24.4 Å². The number of fused-ring (bicyclic) bond motifs is 1. The molecule has 3 rings (SSSR count). The van der Waals surface area contributed by atoms with E-state index in [2.05, 4.69) is 41.1 Å². The van der Waals surface area contributed by atoms with Crippen LogP contribution in [0.5, 0.6) is 0 Å². The molecule has 2 atom stereocenters. The molecule has 0 saturated carbocycles. The van der Waals surface area contributed by atoms with Crippen LogP contribution in [0.2, 0.25) is 0 Å². The van der Waals surface area contributed by atoms with Gasteiger partial charge in [0.1, 0.15) is 6.04 Å². The zero-order valence-electron chi connectivity index (χ0n) is 18.5. The molecule has 0 unspecified atom stereocenters. The van der Waals surface area contributed by atoms with E-state index in [0.717, 1.165) is 23.2 Å². The quantitative estimate of drug-likeness (QED) is 0.659. The van der Waals surface area contributed by atoms with Crippen LogP contribution in [-0.2, 0) is 22.4 Å². The minimum absolute atomic E-state index is 0.0297. The van der Waals surface area contributed by atoms with Gasteiger partial charge in [-0.25, -0.2) is 0 Å². The smallest absolute Gasteiger partial charge is 0.278 e. The fraction of sp³-hybridized carbons (Fsp3) is 0.440. The third-order valence-electron chi connectivity index (χ3n) is 6.06. The first-order chi connectivity index (χ1) is 14.3. The zero-order chi connectivity index (χ0) is 21.7. The molecular formula is C25H34N3O2+. The molecule has 0 radical (unpaired) electrons. The average molecular weight is 409 g/mol. The summed E-state index contributed by atoms with van der Waals surface area (Å²) < 4.78 is 0. The maximum Gasteiger partial charge on any atom is 0.278 e. The lowest BCUT2D eigenvalue weighted by atomic mass is 9.89. The normalized spacial score (nSPS) is 15.1. The first-order valence-corrected chi connectivity index (χ1v) is 11.0. The topological polar surface area (TPSA) is 74.8 Å². The van der Waals surface area contributed by atoms with E-state index in [1.54, 1.807) is 0 Å². The van der Waals surface area contributed by atoms with Gasteiger partial charge in [0.05, 0.1) is 6.54 Å². The molecule has 0 fully saturated rings. The van der Waals surface area contributed by atoms with Gasteiger partial charge in [-0.1, -0.05) is 30.3 Å². The Balaban J connectivity index is 1.50. The molecule has 2 aromatic carbocycles. The van der Waals surface area contributed by atoms with Gasteiger partial charge in [0, 0.05) is 11.3 Å². The molecule has 0 aliphatic heterocycles. The van der Waals surface area contributed by atoms with Gasteiger partial charge in [0.25, 0.3) is 5.91 Å². The first kappa shape index (κ1) is 22.0. The van der Waals surface area contributed by atoms with Gasteiger partial charge in [-0.2, -0.15) is 0 Å². The molecular weight excluding hydrogens is 374 g/mol. The molecule has 0 heterocycles. The van der Waals surface area contributed by atoms with Crippen LogP contribution >= 0.6 is 0 Å². The van der Waals surface area contributed by atoms with Crippen molar-refractivity contribution in [1.82, 2.24) is 5.32 Å². The number of hydrogen-bond donors (Lipinski definition) is 3. The fourth-order valence-electron chi connectivity index (χ4n) is 4.19. The zero-order valence-corrected chi connectivity index (χ0v) is 18.5. The first-order valence-electron chi connectivity index (χ1n) is 11.0. The van der Waals surface area contributed by atoms with Gasteiger partial charge in [-0.05, 0) is 81.7 Å². The summed E-state index contributed by atoms with van der Waals surface area (Å²) in [6.45, 7) is 7.90. The van der Waals surface area contributed by atoms with E-state index in [9.17, 15) is 9.59 Å². The maximum absolute atomic E-state index is 12.5. The van der Waals surface area contributed by atoms with Crippen molar-refractivity contribution in [3.05, 3.63) is 64.2 Å². The molecule has 0 spiro atoms. The van der Waals surface area contributed by atoms with Gasteiger partial charge in [-0.15, -0.1) is 0 Å². The van der Waals surface area contributed by atoms with Crippen LogP contribution in [0.4, 0.5) is 5.69 Å². The number of benzene rings is 2. The van der Waals surface area contributed by atoms with Crippen molar-refractivity contribution < 1.29 is 14.9 Å². The molecule has 0 saturated heterocycles. The highest BCUT2D eigenvalue weighted by atomic mass is 16.2. The second kappa shape index (κ2) is 9.90. The fourth-order valence-corrected chi connectivity index (χ4v) is 4.19. The minimum Gasteiger partial charge on any atom is -0.342 e. The number of carbonyl (C=O) groups excluding carboxylic acids is 2. The van der Waals surface area contributed by atoms with Crippen molar-refractivity contribution in [2.45, 2.75) is 65.5 Å². The molecule has 5 heteroatoms. The predicted octanol–water partition coefficient (Wildman–Crippen LogP) is 2.95. The van der Waals surface area contributed by atoms with Gasteiger partial charge >= 0.3 is 0 Å². The van der Waals surface area contributed by atoms with Crippen molar-refractivity contribution in [3.8, 4) is 0 Å². The van der Waals surface area contributed by atoms with E-state index in [1.165, 1.54) is 36.0 Å². The Hall–Kier alpha value is -2.66. The van der Waals surface area contributed by atoms with Gasteiger partial charge in [0.15, 0.2) is 6.04 Å². The lowest BCUT2D eigenvalue weighted by molar-refractivity contribution is -0.710. The van der Waals surface area contributed by atoms with Crippen molar-refractivity contribution in [3.63, 3.8) is 0 Å². The van der Waals surface area contributed by atoms with Crippen molar-refractivity contribution in [2.24, 2.45) is 0 Å². The number of anilines is 1. The lowest BCUT2D eigenvalue weighted by Gasteiger charge is -2.20. The number of nitrogens with two attached hydrogens (primary N) is 1. The van der Waals surface area contributed by atoms with Gasteiger partial charge in [-0.3, -0.25) is 9.59 Å². The lowest BCUT2D eigenvalue weighted by Crippen LogP contribution is -2.92. The molecule has 2 aromatic rings. The molecule has 4 N–H and O–H groups in total. The standard InChI is InChI=1S/C25H33N3O2/c1-16-8-7-9-17(2)24(16)28-23(29)15-26-25(30)19(4)27-18(3)21-13-12-20-10-5-6-11-22(20)14-21/h7-9,12-14,18-19,27H,5-6,10-11,15H2,1-4H3,(H,26,30)(H,28,29)/p+1/t18-,19-/m1/s1. The van der Waals surface area contributed by atoms with Crippen LogP contribution < -0.4 is 16.0 Å². The van der Waals surface area contributed by atoms with Crippen LogP contribution in [0.1, 0.15) is 60.5 Å². The van der Waals surface area contributed by atoms with E-state index in [-0.39, 0.29) is 30.4 Å². The van der Waals surface area contributed by atoms with E-state index in [4.69, 9.17) is 0 Å². The number of nitrogens with one attached hydrogen (secondary N) is 2. The maximum atomic E-state index is 12.5. The second-order valence-electron chi connectivity index (χ2n) is 8.54. The number of quaternary nitrogens is 1. The Morgan fingerprint density at radius 3 is 2.37 bits per heavy atom. The summed E-state index contributed by atoms with van der Waals surface area (Å²) in [4.78, 5) is 24.8. The molecule has 1 aliphatic carbocycles. The minimum atomic E-state index is -0.274. The van der Waals surface area contributed by atoms with E-state index in [1.807, 2.05) is 39.0 Å². The molecule has 5 nitrogen and oxygen atoms in total. The summed E-state index contributed by atoms with van der Waals surface area (Å²) in [7, 11) is 0. The highest BCUT2D eigenvalue weighted by molar-refractivity contribution is 5.96. The molecule has 160 valence electrons. The summed E-state index contributed by atoms with van der Waals surface area (Å²) in [5.74, 6) is -0.341. The monoisotopic (exact) mass is 408 g/mol. The second-order valence-corrected chi connectivity index (χ2v) is 8.54.